The second kappa shape index (κ2) is 6.97. The fourth-order valence-electron chi connectivity index (χ4n) is 1.73. The van der Waals surface area contributed by atoms with Gasteiger partial charge in [0.25, 0.3) is 5.91 Å². The number of carbonyl (C=O) groups is 1. The molecule has 0 aromatic heterocycles. The van der Waals surface area contributed by atoms with E-state index in [1.165, 1.54) is 0 Å². The molecule has 0 aliphatic carbocycles. The van der Waals surface area contributed by atoms with Crippen molar-refractivity contribution in [3.8, 4) is 11.5 Å². The number of hydrogen-bond donors (Lipinski definition) is 2. The summed E-state index contributed by atoms with van der Waals surface area (Å²) in [5.74, 6) is 0.818. The lowest BCUT2D eigenvalue weighted by Gasteiger charge is -2.09. The molecule has 1 aliphatic rings. The molecule has 0 fully saturated rings. The first kappa shape index (κ1) is 14.4. The van der Waals surface area contributed by atoms with Gasteiger partial charge in [-0.25, -0.2) is 0 Å². The molecule has 0 spiro atoms. The summed E-state index contributed by atoms with van der Waals surface area (Å²) in [6, 6.07) is 3.17. The molecule has 0 saturated heterocycles. The van der Waals surface area contributed by atoms with Crippen molar-refractivity contribution in [3.63, 3.8) is 0 Å². The molecule has 7 heteroatoms. The largest absolute Gasteiger partial charge is 0.454 e. The van der Waals surface area contributed by atoms with Crippen LogP contribution in [0.1, 0.15) is 10.4 Å². The van der Waals surface area contributed by atoms with Crippen molar-refractivity contribution in [3.05, 3.63) is 17.7 Å². The van der Waals surface area contributed by atoms with Gasteiger partial charge in [-0.3, -0.25) is 4.79 Å². The Kier molecular flexibility index (Phi) is 5.03. The summed E-state index contributed by atoms with van der Waals surface area (Å²) in [5, 5.41) is 2.73. The zero-order valence-electron chi connectivity index (χ0n) is 11.3. The zero-order valence-corrected chi connectivity index (χ0v) is 11.3. The first-order valence-corrected chi connectivity index (χ1v) is 6.26. The average Bonchev–Trinajstić information content (AvgIpc) is 2.88. The van der Waals surface area contributed by atoms with E-state index < -0.39 is 0 Å². The van der Waals surface area contributed by atoms with E-state index in [-0.39, 0.29) is 12.7 Å². The van der Waals surface area contributed by atoms with Gasteiger partial charge in [0.2, 0.25) is 6.79 Å². The highest BCUT2D eigenvalue weighted by Crippen LogP contribution is 2.35. The van der Waals surface area contributed by atoms with Crippen LogP contribution < -0.4 is 20.5 Å². The summed E-state index contributed by atoms with van der Waals surface area (Å²) in [7, 11) is 1.60. The van der Waals surface area contributed by atoms with Crippen LogP contribution in [-0.4, -0.2) is 46.2 Å². The fourth-order valence-corrected chi connectivity index (χ4v) is 1.73. The van der Waals surface area contributed by atoms with Crippen molar-refractivity contribution in [1.82, 2.24) is 5.32 Å². The molecule has 1 aliphatic heterocycles. The van der Waals surface area contributed by atoms with Crippen LogP contribution in [0.4, 0.5) is 5.69 Å². The third-order valence-corrected chi connectivity index (χ3v) is 2.75. The monoisotopic (exact) mass is 282 g/mol. The van der Waals surface area contributed by atoms with Crippen LogP contribution in [-0.2, 0) is 9.47 Å². The van der Waals surface area contributed by atoms with Gasteiger partial charge in [0.05, 0.1) is 25.4 Å². The number of methoxy groups -OCH3 is 1. The smallest absolute Gasteiger partial charge is 0.253 e. The lowest BCUT2D eigenvalue weighted by Crippen LogP contribution is -2.28. The molecule has 0 bridgehead atoms. The van der Waals surface area contributed by atoms with Gasteiger partial charge >= 0.3 is 0 Å². The molecule has 1 heterocycles. The second-order valence-corrected chi connectivity index (χ2v) is 4.15. The van der Waals surface area contributed by atoms with Crippen molar-refractivity contribution in [1.29, 1.82) is 0 Å². The average molecular weight is 282 g/mol. The number of ether oxygens (including phenoxy) is 4. The highest BCUT2D eigenvalue weighted by Gasteiger charge is 2.19. The Bertz CT molecular complexity index is 478. The molecule has 0 unspecified atom stereocenters. The van der Waals surface area contributed by atoms with E-state index >= 15 is 0 Å². The normalized spacial score (nSPS) is 12.4. The molecule has 110 valence electrons. The van der Waals surface area contributed by atoms with Gasteiger partial charge in [-0.1, -0.05) is 0 Å². The van der Waals surface area contributed by atoms with E-state index in [4.69, 9.17) is 24.7 Å². The standard InChI is InChI=1S/C13H18N2O5/c1-17-4-5-18-3-2-15-13(16)9-6-11-12(7-10(9)14)20-8-19-11/h6-7H,2-5,8,14H2,1H3,(H,15,16). The molecule has 20 heavy (non-hydrogen) atoms. The number of nitrogens with two attached hydrogens (primary N) is 1. The summed E-state index contributed by atoms with van der Waals surface area (Å²) in [5.41, 5.74) is 6.54. The lowest BCUT2D eigenvalue weighted by molar-refractivity contribution is 0.0693. The summed E-state index contributed by atoms with van der Waals surface area (Å²) in [4.78, 5) is 12.0. The van der Waals surface area contributed by atoms with E-state index in [0.29, 0.717) is 49.1 Å². The van der Waals surface area contributed by atoms with Gasteiger partial charge in [-0.15, -0.1) is 0 Å². The molecule has 2 rings (SSSR count). The van der Waals surface area contributed by atoms with Gasteiger partial charge < -0.3 is 30.0 Å². The van der Waals surface area contributed by atoms with Crippen LogP contribution in [0.5, 0.6) is 11.5 Å². The van der Waals surface area contributed by atoms with Crippen LogP contribution in [0.25, 0.3) is 0 Å². The van der Waals surface area contributed by atoms with Crippen LogP contribution in [0.3, 0.4) is 0 Å². The van der Waals surface area contributed by atoms with Gasteiger partial charge in [0, 0.05) is 25.4 Å². The highest BCUT2D eigenvalue weighted by molar-refractivity contribution is 6.00. The first-order valence-electron chi connectivity index (χ1n) is 6.26. The maximum absolute atomic E-state index is 12.0. The van der Waals surface area contributed by atoms with E-state index in [1.807, 2.05) is 0 Å². The molecule has 7 nitrogen and oxygen atoms in total. The van der Waals surface area contributed by atoms with Crippen molar-refractivity contribution in [2.45, 2.75) is 0 Å². The summed E-state index contributed by atoms with van der Waals surface area (Å²) >= 11 is 0. The van der Waals surface area contributed by atoms with E-state index in [0.717, 1.165) is 0 Å². The number of nitrogens with one attached hydrogen (secondary N) is 1. The Balaban J connectivity index is 1.83. The van der Waals surface area contributed by atoms with E-state index in [2.05, 4.69) is 5.32 Å². The zero-order chi connectivity index (χ0) is 14.4. The molecule has 0 saturated carbocycles. The van der Waals surface area contributed by atoms with E-state index in [1.54, 1.807) is 19.2 Å². The van der Waals surface area contributed by atoms with Crippen molar-refractivity contribution >= 4 is 11.6 Å². The minimum absolute atomic E-state index is 0.146. The van der Waals surface area contributed by atoms with Crippen molar-refractivity contribution in [2.75, 3.05) is 46.0 Å². The minimum atomic E-state index is -0.267. The Hall–Kier alpha value is -1.99. The van der Waals surface area contributed by atoms with Crippen LogP contribution >= 0.6 is 0 Å². The van der Waals surface area contributed by atoms with Crippen molar-refractivity contribution < 1.29 is 23.7 Å². The van der Waals surface area contributed by atoms with Crippen LogP contribution in [0.15, 0.2) is 12.1 Å². The minimum Gasteiger partial charge on any atom is -0.454 e. The summed E-state index contributed by atoms with van der Waals surface area (Å²) < 4.78 is 20.5. The molecule has 1 amide bonds. The SMILES string of the molecule is COCCOCCNC(=O)c1cc2c(cc1N)OCO2. The molecule has 0 radical (unpaired) electrons. The molecule has 1 aromatic rings. The predicted octanol–water partition coefficient (Wildman–Crippen LogP) is 0.390. The number of amides is 1. The maximum atomic E-state index is 12.0. The molecular formula is C13H18N2O5. The third kappa shape index (κ3) is 3.52. The number of hydrogen-bond acceptors (Lipinski definition) is 6. The Morgan fingerprint density at radius 2 is 2.05 bits per heavy atom. The fraction of sp³-hybridized carbons (Fsp3) is 0.462. The number of anilines is 1. The number of nitrogen functional groups attached to an aromatic ring is 1. The topological polar surface area (TPSA) is 92.0 Å². The molecular weight excluding hydrogens is 264 g/mol. The van der Waals surface area contributed by atoms with Crippen molar-refractivity contribution in [2.24, 2.45) is 0 Å². The molecule has 3 N–H and O–H groups in total. The number of carbonyl (C=O) groups excluding carboxylic acids is 1. The Morgan fingerprint density at radius 1 is 1.30 bits per heavy atom. The quantitative estimate of drug-likeness (QED) is 0.555. The molecule has 0 atom stereocenters. The van der Waals surface area contributed by atoms with Gasteiger partial charge in [-0.2, -0.15) is 0 Å². The number of rotatable bonds is 7. The summed E-state index contributed by atoms with van der Waals surface area (Å²) in [6.45, 7) is 1.99. The second-order valence-electron chi connectivity index (χ2n) is 4.15. The Labute approximate surface area is 116 Å². The van der Waals surface area contributed by atoms with E-state index in [9.17, 15) is 4.79 Å². The van der Waals surface area contributed by atoms with Crippen LogP contribution in [0, 0.1) is 0 Å². The van der Waals surface area contributed by atoms with Gasteiger partial charge in [-0.05, 0) is 6.07 Å². The Morgan fingerprint density at radius 3 is 2.80 bits per heavy atom. The number of benzene rings is 1. The predicted molar refractivity (Wildman–Crippen MR) is 72.0 cm³/mol. The van der Waals surface area contributed by atoms with Gasteiger partial charge in [0.1, 0.15) is 0 Å². The highest BCUT2D eigenvalue weighted by atomic mass is 16.7. The number of fused-ring (bicyclic) bond motifs is 1. The maximum Gasteiger partial charge on any atom is 0.253 e. The van der Waals surface area contributed by atoms with Crippen LogP contribution in [0.2, 0.25) is 0 Å². The summed E-state index contributed by atoms with van der Waals surface area (Å²) in [6.07, 6.45) is 0. The first-order chi connectivity index (χ1) is 9.72. The third-order valence-electron chi connectivity index (χ3n) is 2.75. The lowest BCUT2D eigenvalue weighted by atomic mass is 10.1. The molecule has 1 aromatic carbocycles. The van der Waals surface area contributed by atoms with Gasteiger partial charge in [0.15, 0.2) is 11.5 Å².